The smallest absolute Gasteiger partial charge is 0.441 e. The minimum absolute atomic E-state index is 0.0317. The van der Waals surface area contributed by atoms with Crippen LogP contribution in [-0.2, 0) is 30.1 Å². The Bertz CT molecular complexity index is 1180. The van der Waals surface area contributed by atoms with E-state index >= 15 is 0 Å². The van der Waals surface area contributed by atoms with Crippen LogP contribution in [0.4, 0.5) is 22.8 Å². The first-order chi connectivity index (χ1) is 17.5. The summed E-state index contributed by atoms with van der Waals surface area (Å²) in [7, 11) is 0. The molecule has 0 saturated heterocycles. The molecular formula is C26H31F3N2O7. The lowest BCUT2D eigenvalue weighted by Crippen LogP contribution is -2.46. The van der Waals surface area contributed by atoms with Gasteiger partial charge in [0.05, 0.1) is 16.9 Å². The summed E-state index contributed by atoms with van der Waals surface area (Å²) in [5.74, 6) is -5.25. The Morgan fingerprint density at radius 3 is 2.18 bits per heavy atom. The number of nitrogens with one attached hydrogen (secondary N) is 1. The highest BCUT2D eigenvalue weighted by atomic mass is 19.4. The zero-order valence-electron chi connectivity index (χ0n) is 21.7. The molecule has 0 aliphatic heterocycles. The monoisotopic (exact) mass is 540 g/mol. The molecule has 0 heterocycles. The predicted molar refractivity (Wildman–Crippen MR) is 127 cm³/mol. The molecular weight excluding hydrogens is 509 g/mol. The van der Waals surface area contributed by atoms with Gasteiger partial charge in [-0.2, -0.15) is 13.2 Å². The number of carbonyl (C=O) groups excluding carboxylic acids is 4. The fourth-order valence-electron chi connectivity index (χ4n) is 6.47. The van der Waals surface area contributed by atoms with Gasteiger partial charge in [0.2, 0.25) is 0 Å². The number of hydrogen-bond donors (Lipinski definition) is 2. The van der Waals surface area contributed by atoms with E-state index in [0.29, 0.717) is 0 Å². The van der Waals surface area contributed by atoms with Crippen molar-refractivity contribution in [2.75, 3.05) is 0 Å². The Morgan fingerprint density at radius 2 is 1.68 bits per heavy atom. The van der Waals surface area contributed by atoms with Gasteiger partial charge in [-0.3, -0.25) is 4.79 Å². The van der Waals surface area contributed by atoms with Gasteiger partial charge in [-0.25, -0.2) is 14.4 Å². The minimum Gasteiger partial charge on any atom is -0.442 e. The average molecular weight is 541 g/mol. The van der Waals surface area contributed by atoms with Gasteiger partial charge >= 0.3 is 30.3 Å². The second-order valence-electron chi connectivity index (χ2n) is 10.5. The number of alkyl halides is 3. The van der Waals surface area contributed by atoms with Crippen molar-refractivity contribution in [3.8, 4) is 0 Å². The molecule has 2 amide bonds. The predicted octanol–water partition coefficient (Wildman–Crippen LogP) is 5.00. The van der Waals surface area contributed by atoms with Crippen LogP contribution in [0, 0.1) is 22.7 Å². The summed E-state index contributed by atoms with van der Waals surface area (Å²) in [6, 6.07) is 4.82. The van der Waals surface area contributed by atoms with Crippen LogP contribution < -0.4 is 11.2 Å². The average Bonchev–Trinajstić information content (AvgIpc) is 3.40. The van der Waals surface area contributed by atoms with Gasteiger partial charge in [0.15, 0.2) is 0 Å². The first kappa shape index (κ1) is 29.0. The van der Waals surface area contributed by atoms with E-state index in [1.54, 1.807) is 34.6 Å². The van der Waals surface area contributed by atoms with E-state index in [9.17, 15) is 32.3 Å². The van der Waals surface area contributed by atoms with Crippen LogP contribution in [0.15, 0.2) is 36.4 Å². The van der Waals surface area contributed by atoms with Crippen molar-refractivity contribution >= 4 is 24.1 Å². The van der Waals surface area contributed by atoms with Gasteiger partial charge in [0.25, 0.3) is 0 Å². The Balaban J connectivity index is 2.14. The third kappa shape index (κ3) is 4.49. The molecule has 0 bridgehead atoms. The number of hydrogen-bond acceptors (Lipinski definition) is 7. The SMILES string of the molecule is C=C1C(c2ccccc2C(F)(F)F)C2C(C(=O)OC(N)=O)C2(CC)C1(CC)C(=O)ONC(=O)OC(C)(C)C. The number of halogens is 3. The molecule has 2 fully saturated rings. The highest BCUT2D eigenvalue weighted by Gasteiger charge is 2.85. The number of carbonyl (C=O) groups is 4. The van der Waals surface area contributed by atoms with Crippen molar-refractivity contribution in [3.63, 3.8) is 0 Å². The molecule has 5 unspecified atom stereocenters. The van der Waals surface area contributed by atoms with Gasteiger partial charge in [-0.05, 0) is 51.2 Å². The van der Waals surface area contributed by atoms with E-state index in [2.05, 4.69) is 11.3 Å². The molecule has 12 heteroatoms. The van der Waals surface area contributed by atoms with Crippen molar-refractivity contribution in [2.45, 2.75) is 65.2 Å². The number of benzene rings is 1. The van der Waals surface area contributed by atoms with E-state index in [1.807, 2.05) is 5.48 Å². The molecule has 3 rings (SSSR count). The highest BCUT2D eigenvalue weighted by Crippen LogP contribution is 2.84. The van der Waals surface area contributed by atoms with Crippen molar-refractivity contribution < 1.29 is 46.7 Å². The number of ether oxygens (including phenoxy) is 2. The number of hydroxylamine groups is 1. The van der Waals surface area contributed by atoms with E-state index in [1.165, 1.54) is 18.2 Å². The minimum atomic E-state index is -4.74. The number of amides is 2. The number of primary amides is 1. The van der Waals surface area contributed by atoms with Crippen LogP contribution in [0.25, 0.3) is 0 Å². The third-order valence-corrected chi connectivity index (χ3v) is 7.62. The lowest BCUT2D eigenvalue weighted by Gasteiger charge is -2.38. The Labute approximate surface area is 217 Å². The maximum absolute atomic E-state index is 14.0. The summed E-state index contributed by atoms with van der Waals surface area (Å²) in [6.07, 6.45) is -7.10. The summed E-state index contributed by atoms with van der Waals surface area (Å²) < 4.78 is 51.8. The standard InChI is InChI=1S/C26H31F3N2O7/c1-7-24(20(33)38-31-22(35)37-23(4,5)6)13(3)16(14-11-9-10-12-15(14)26(27,28)29)17-18(25(17,24)8-2)19(32)36-21(30)34/h9-12,16-18H,3,7-8H2,1-2,4-6H3,(H2,30,34)(H,31,35). The highest BCUT2D eigenvalue weighted by molar-refractivity contribution is 5.94. The topological polar surface area (TPSA) is 134 Å². The largest absolute Gasteiger partial charge is 0.442 e. The lowest BCUT2D eigenvalue weighted by molar-refractivity contribution is -0.166. The zero-order chi connectivity index (χ0) is 28.8. The van der Waals surface area contributed by atoms with Crippen molar-refractivity contribution in [1.82, 2.24) is 5.48 Å². The molecule has 1 aromatic carbocycles. The molecule has 2 aliphatic rings. The van der Waals surface area contributed by atoms with E-state index in [0.717, 1.165) is 6.07 Å². The third-order valence-electron chi connectivity index (χ3n) is 7.62. The van der Waals surface area contributed by atoms with Gasteiger partial charge in [-0.1, -0.05) is 44.2 Å². The molecule has 2 saturated carbocycles. The summed E-state index contributed by atoms with van der Waals surface area (Å²) in [4.78, 5) is 55.3. The molecule has 3 N–H and O–H groups in total. The molecule has 38 heavy (non-hydrogen) atoms. The quantitative estimate of drug-likeness (QED) is 0.176. The second kappa shape index (κ2) is 9.63. The molecule has 2 aliphatic carbocycles. The lowest BCUT2D eigenvalue weighted by atomic mass is 9.64. The molecule has 208 valence electrons. The van der Waals surface area contributed by atoms with Gasteiger partial charge < -0.3 is 20.0 Å². The second-order valence-corrected chi connectivity index (χ2v) is 10.5. The summed E-state index contributed by atoms with van der Waals surface area (Å²) in [6.45, 7) is 12.1. The van der Waals surface area contributed by atoms with Crippen LogP contribution >= 0.6 is 0 Å². The van der Waals surface area contributed by atoms with Crippen molar-refractivity contribution in [3.05, 3.63) is 47.5 Å². The van der Waals surface area contributed by atoms with E-state index in [-0.39, 0.29) is 24.0 Å². The Morgan fingerprint density at radius 1 is 1.08 bits per heavy atom. The van der Waals surface area contributed by atoms with Crippen LogP contribution in [0.3, 0.4) is 0 Å². The van der Waals surface area contributed by atoms with E-state index < -0.39 is 70.0 Å². The maximum atomic E-state index is 14.0. The first-order valence-corrected chi connectivity index (χ1v) is 12.1. The molecule has 0 aromatic heterocycles. The fourth-order valence-corrected chi connectivity index (χ4v) is 6.47. The summed E-state index contributed by atoms with van der Waals surface area (Å²) in [5, 5.41) is 0. The van der Waals surface area contributed by atoms with Gasteiger partial charge in [-0.15, -0.1) is 5.48 Å². The van der Waals surface area contributed by atoms with Crippen LogP contribution in [0.5, 0.6) is 0 Å². The molecule has 1 aromatic rings. The van der Waals surface area contributed by atoms with Crippen LogP contribution in [0.1, 0.15) is 64.5 Å². The summed E-state index contributed by atoms with van der Waals surface area (Å²) >= 11 is 0. The number of nitrogens with two attached hydrogens (primary N) is 1. The summed E-state index contributed by atoms with van der Waals surface area (Å²) in [5.41, 5.74) is 2.00. The Kier molecular flexibility index (Phi) is 7.35. The zero-order valence-corrected chi connectivity index (χ0v) is 21.7. The fraction of sp³-hybridized carbons (Fsp3) is 0.538. The molecule has 0 radical (unpaired) electrons. The van der Waals surface area contributed by atoms with Gasteiger partial charge in [0, 0.05) is 11.3 Å². The maximum Gasteiger partial charge on any atom is 0.441 e. The number of fused-ring (bicyclic) bond motifs is 1. The van der Waals surface area contributed by atoms with Crippen LogP contribution in [-0.4, -0.2) is 29.7 Å². The number of esters is 1. The van der Waals surface area contributed by atoms with Crippen molar-refractivity contribution in [2.24, 2.45) is 28.4 Å². The van der Waals surface area contributed by atoms with Crippen molar-refractivity contribution in [1.29, 1.82) is 0 Å². The molecule has 9 nitrogen and oxygen atoms in total. The number of rotatable bonds is 5. The molecule has 5 atom stereocenters. The van der Waals surface area contributed by atoms with Crippen LogP contribution in [0.2, 0.25) is 0 Å². The molecule has 0 spiro atoms. The first-order valence-electron chi connectivity index (χ1n) is 12.1. The van der Waals surface area contributed by atoms with E-state index in [4.69, 9.17) is 15.3 Å². The normalized spacial score (nSPS) is 28.2. The Hall–Kier alpha value is -3.57. The van der Waals surface area contributed by atoms with Gasteiger partial charge in [0.1, 0.15) is 5.60 Å².